The van der Waals surface area contributed by atoms with E-state index in [1.807, 2.05) is 24.5 Å². The van der Waals surface area contributed by atoms with Gasteiger partial charge in [0.1, 0.15) is 5.58 Å². The van der Waals surface area contributed by atoms with E-state index in [1.165, 1.54) is 5.56 Å². The number of nitrogens with one attached hydrogen (secondary N) is 1. The van der Waals surface area contributed by atoms with E-state index in [0.29, 0.717) is 6.54 Å². The van der Waals surface area contributed by atoms with Gasteiger partial charge < -0.3 is 20.6 Å². The zero-order valence-electron chi connectivity index (χ0n) is 11.5. The van der Waals surface area contributed by atoms with Crippen molar-refractivity contribution in [2.75, 3.05) is 19.7 Å². The molecule has 4 nitrogen and oxygen atoms in total. The number of nitrogens with two attached hydrogens (primary N) is 1. The Morgan fingerprint density at radius 2 is 2.11 bits per heavy atom. The number of aliphatic hydroxyl groups excluding tert-OH is 1. The lowest BCUT2D eigenvalue weighted by molar-refractivity contribution is 0.260. The van der Waals surface area contributed by atoms with E-state index in [0.717, 1.165) is 17.5 Å². The third-order valence-corrected chi connectivity index (χ3v) is 3.42. The summed E-state index contributed by atoms with van der Waals surface area (Å²) in [5, 5.41) is 13.4. The Kier molecular flexibility index (Phi) is 4.24. The van der Waals surface area contributed by atoms with E-state index in [2.05, 4.69) is 25.2 Å². The topological polar surface area (TPSA) is 71.4 Å². The lowest BCUT2D eigenvalue weighted by Gasteiger charge is -2.25. The van der Waals surface area contributed by atoms with Gasteiger partial charge in [-0.05, 0) is 6.07 Å². The monoisotopic (exact) mass is 262 g/mol. The molecule has 0 fully saturated rings. The van der Waals surface area contributed by atoms with Crippen LogP contribution < -0.4 is 11.1 Å². The van der Waals surface area contributed by atoms with Crippen LogP contribution in [-0.4, -0.2) is 30.8 Å². The molecule has 19 heavy (non-hydrogen) atoms. The first kappa shape index (κ1) is 14.1. The Labute approximate surface area is 113 Å². The summed E-state index contributed by atoms with van der Waals surface area (Å²) < 4.78 is 5.59. The second kappa shape index (κ2) is 5.74. The molecule has 1 unspecified atom stereocenters. The Balaban J connectivity index is 2.10. The van der Waals surface area contributed by atoms with Crippen molar-refractivity contribution in [2.24, 2.45) is 5.73 Å². The summed E-state index contributed by atoms with van der Waals surface area (Å²) in [5.41, 5.74) is 7.73. The molecule has 104 valence electrons. The fraction of sp³-hybridized carbons (Fsp3) is 0.467. The number of aliphatic hydroxyl groups is 1. The average molecular weight is 262 g/mol. The van der Waals surface area contributed by atoms with Gasteiger partial charge in [0.05, 0.1) is 12.9 Å². The number of para-hydroxylation sites is 1. The quantitative estimate of drug-likeness (QED) is 0.740. The number of rotatable bonds is 6. The third kappa shape index (κ3) is 3.15. The van der Waals surface area contributed by atoms with Crippen LogP contribution in [-0.2, 0) is 5.41 Å². The molecule has 0 saturated heterocycles. The molecule has 0 spiro atoms. The molecule has 2 aromatic rings. The summed E-state index contributed by atoms with van der Waals surface area (Å²) in [7, 11) is 0. The number of benzene rings is 1. The Bertz CT molecular complexity index is 534. The third-order valence-electron chi connectivity index (χ3n) is 3.42. The van der Waals surface area contributed by atoms with Gasteiger partial charge in [0.15, 0.2) is 0 Å². The van der Waals surface area contributed by atoms with Gasteiger partial charge in [-0.15, -0.1) is 0 Å². The molecular formula is C15H22N2O2. The van der Waals surface area contributed by atoms with Gasteiger partial charge in [0, 0.05) is 35.5 Å². The van der Waals surface area contributed by atoms with Crippen molar-refractivity contribution in [1.29, 1.82) is 0 Å². The molecule has 0 radical (unpaired) electrons. The highest BCUT2D eigenvalue weighted by molar-refractivity contribution is 5.82. The number of furan rings is 1. The summed E-state index contributed by atoms with van der Waals surface area (Å²) in [5.74, 6) is 0. The van der Waals surface area contributed by atoms with Crippen molar-refractivity contribution in [1.82, 2.24) is 5.32 Å². The summed E-state index contributed by atoms with van der Waals surface area (Å²) in [6.45, 7) is 5.73. The first-order valence-electron chi connectivity index (χ1n) is 6.58. The second-order valence-electron chi connectivity index (χ2n) is 5.60. The molecule has 2 rings (SSSR count). The molecule has 0 bridgehead atoms. The van der Waals surface area contributed by atoms with Crippen LogP contribution in [0.15, 0.2) is 34.9 Å². The van der Waals surface area contributed by atoms with E-state index in [4.69, 9.17) is 15.3 Å². The van der Waals surface area contributed by atoms with Crippen LogP contribution in [0.1, 0.15) is 19.4 Å². The standard InChI is InChI=1S/C15H22N2O2/c1-15(2,10-17-7-11(16)8-18)13-9-19-14-6-4-3-5-12(13)14/h3-6,9,11,17-18H,7-8,10,16H2,1-2H3. The van der Waals surface area contributed by atoms with Gasteiger partial charge in [-0.3, -0.25) is 0 Å². The number of fused-ring (bicyclic) bond motifs is 1. The fourth-order valence-electron chi connectivity index (χ4n) is 2.23. The molecule has 0 aliphatic rings. The first-order chi connectivity index (χ1) is 9.04. The number of hydrogen-bond acceptors (Lipinski definition) is 4. The van der Waals surface area contributed by atoms with E-state index in [1.54, 1.807) is 0 Å². The molecule has 4 heteroatoms. The lowest BCUT2D eigenvalue weighted by Crippen LogP contribution is -2.41. The van der Waals surface area contributed by atoms with Gasteiger partial charge in [0.2, 0.25) is 0 Å². The van der Waals surface area contributed by atoms with Crippen LogP contribution >= 0.6 is 0 Å². The largest absolute Gasteiger partial charge is 0.464 e. The average Bonchev–Trinajstić information content (AvgIpc) is 2.82. The molecule has 1 heterocycles. The molecule has 1 atom stereocenters. The maximum Gasteiger partial charge on any atom is 0.134 e. The van der Waals surface area contributed by atoms with Crippen LogP contribution in [0.4, 0.5) is 0 Å². The summed E-state index contributed by atoms with van der Waals surface area (Å²) in [6.07, 6.45) is 1.83. The summed E-state index contributed by atoms with van der Waals surface area (Å²) >= 11 is 0. The van der Waals surface area contributed by atoms with Crippen LogP contribution in [0.25, 0.3) is 11.0 Å². The maximum atomic E-state index is 8.91. The van der Waals surface area contributed by atoms with Crippen LogP contribution in [0.5, 0.6) is 0 Å². The maximum absolute atomic E-state index is 8.91. The Morgan fingerprint density at radius 3 is 2.84 bits per heavy atom. The van der Waals surface area contributed by atoms with E-state index >= 15 is 0 Å². The zero-order valence-corrected chi connectivity index (χ0v) is 11.5. The molecule has 0 aliphatic carbocycles. The smallest absolute Gasteiger partial charge is 0.134 e. The minimum Gasteiger partial charge on any atom is -0.464 e. The fourth-order valence-corrected chi connectivity index (χ4v) is 2.23. The highest BCUT2D eigenvalue weighted by Crippen LogP contribution is 2.31. The second-order valence-corrected chi connectivity index (χ2v) is 5.60. The van der Waals surface area contributed by atoms with Gasteiger partial charge >= 0.3 is 0 Å². The molecule has 4 N–H and O–H groups in total. The predicted molar refractivity (Wildman–Crippen MR) is 77.2 cm³/mol. The van der Waals surface area contributed by atoms with Gasteiger partial charge in [0.25, 0.3) is 0 Å². The predicted octanol–water partition coefficient (Wildman–Crippen LogP) is 1.62. The van der Waals surface area contributed by atoms with Crippen LogP contribution in [0, 0.1) is 0 Å². The van der Waals surface area contributed by atoms with Gasteiger partial charge in [-0.25, -0.2) is 0 Å². The Hall–Kier alpha value is -1.36. The molecule has 0 saturated carbocycles. The summed E-state index contributed by atoms with van der Waals surface area (Å²) in [6, 6.07) is 7.84. The van der Waals surface area contributed by atoms with E-state index in [9.17, 15) is 0 Å². The van der Waals surface area contributed by atoms with E-state index < -0.39 is 0 Å². The van der Waals surface area contributed by atoms with Crippen molar-refractivity contribution in [3.05, 3.63) is 36.1 Å². The van der Waals surface area contributed by atoms with Gasteiger partial charge in [-0.2, -0.15) is 0 Å². The zero-order chi connectivity index (χ0) is 13.9. The van der Waals surface area contributed by atoms with Crippen molar-refractivity contribution < 1.29 is 9.52 Å². The molecular weight excluding hydrogens is 240 g/mol. The molecule has 1 aromatic heterocycles. The van der Waals surface area contributed by atoms with Crippen molar-refractivity contribution in [3.8, 4) is 0 Å². The highest BCUT2D eigenvalue weighted by Gasteiger charge is 2.24. The van der Waals surface area contributed by atoms with Crippen molar-refractivity contribution in [2.45, 2.75) is 25.3 Å². The van der Waals surface area contributed by atoms with E-state index in [-0.39, 0.29) is 18.1 Å². The minimum absolute atomic E-state index is 0.00205. The molecule has 1 aromatic carbocycles. The van der Waals surface area contributed by atoms with Crippen LogP contribution in [0.2, 0.25) is 0 Å². The minimum atomic E-state index is -0.211. The normalized spacial score (nSPS) is 13.9. The number of hydrogen-bond donors (Lipinski definition) is 3. The first-order valence-corrected chi connectivity index (χ1v) is 6.58. The highest BCUT2D eigenvalue weighted by atomic mass is 16.3. The lowest BCUT2D eigenvalue weighted by atomic mass is 9.84. The summed E-state index contributed by atoms with van der Waals surface area (Å²) in [4.78, 5) is 0. The van der Waals surface area contributed by atoms with Crippen LogP contribution in [0.3, 0.4) is 0 Å². The molecule has 0 aliphatic heterocycles. The van der Waals surface area contributed by atoms with Crippen molar-refractivity contribution >= 4 is 11.0 Å². The van der Waals surface area contributed by atoms with Gasteiger partial charge in [-0.1, -0.05) is 32.0 Å². The molecule has 0 amide bonds. The Morgan fingerprint density at radius 1 is 1.37 bits per heavy atom. The SMILES string of the molecule is CC(C)(CNCC(N)CO)c1coc2ccccc12. The van der Waals surface area contributed by atoms with Crippen molar-refractivity contribution in [3.63, 3.8) is 0 Å².